The molecule has 7 aromatic carbocycles. The second kappa shape index (κ2) is 14.2. The molecule has 2 aromatic heterocycles. The largest absolute Gasteiger partial charge is 0.309 e. The van der Waals surface area contributed by atoms with E-state index in [-0.39, 0.29) is 5.92 Å². The van der Waals surface area contributed by atoms with Crippen LogP contribution in [0.5, 0.6) is 0 Å². The molecule has 3 heterocycles. The standard InChI is InChI=1S/C54H38N4/c1-5-19-37(20-6-1)41-33-42(38-21-7-2-8-22-38)35-43(34-41)57-48-30-16-13-27-44(48)52-45-28-14-17-31-49(45)58(53(52)46-29-15-18-32-50(46)57)51-36-47(39-23-9-3-10-24-39)55-54(56-51)40-25-11-4-12-26-40/h1-23,25-36,39H,24H2. The van der Waals surface area contributed by atoms with E-state index in [9.17, 15) is 0 Å². The molecule has 274 valence electrons. The van der Waals surface area contributed by atoms with Gasteiger partial charge in [0.1, 0.15) is 5.82 Å². The van der Waals surface area contributed by atoms with Crippen molar-refractivity contribution in [2.45, 2.75) is 12.3 Å². The molecular formula is C54H38N4. The fraction of sp³-hybridized carbons (Fsp3) is 0.0370. The Hall–Kier alpha value is -7.56. The minimum absolute atomic E-state index is 0.147. The van der Waals surface area contributed by atoms with Crippen molar-refractivity contribution in [3.63, 3.8) is 0 Å². The SMILES string of the molecule is C1=CCC(c2cc(-n3c4c(c5ccccc53)-c3ccccc3N(c3cc(-c5ccccc5)cc(-c5ccccc5)c3)c3ccccc3-4)nc(-c3ccccc3)n2)C=C1. The molecule has 0 N–H and O–H groups in total. The summed E-state index contributed by atoms with van der Waals surface area (Å²) < 4.78 is 2.39. The maximum atomic E-state index is 5.42. The van der Waals surface area contributed by atoms with Crippen molar-refractivity contribution < 1.29 is 0 Å². The molecule has 0 saturated carbocycles. The Labute approximate surface area is 338 Å². The van der Waals surface area contributed by atoms with Crippen molar-refractivity contribution >= 4 is 28.0 Å². The van der Waals surface area contributed by atoms with Gasteiger partial charge in [0, 0.05) is 45.3 Å². The number of hydrogen-bond donors (Lipinski definition) is 0. The number of benzene rings is 7. The zero-order chi connectivity index (χ0) is 38.4. The number of rotatable bonds is 6. The van der Waals surface area contributed by atoms with Crippen LogP contribution in [-0.2, 0) is 0 Å². The quantitative estimate of drug-likeness (QED) is 0.170. The van der Waals surface area contributed by atoms with Gasteiger partial charge in [0.15, 0.2) is 5.82 Å². The highest BCUT2D eigenvalue weighted by molar-refractivity contribution is 6.13. The third-order valence-corrected chi connectivity index (χ3v) is 11.4. The first-order valence-electron chi connectivity index (χ1n) is 19.9. The van der Waals surface area contributed by atoms with Crippen molar-refractivity contribution in [3.05, 3.63) is 218 Å². The molecule has 2 aliphatic rings. The van der Waals surface area contributed by atoms with Gasteiger partial charge in [-0.25, -0.2) is 9.97 Å². The van der Waals surface area contributed by atoms with Crippen LogP contribution in [-0.4, -0.2) is 14.5 Å². The number of allylic oxidation sites excluding steroid dienone is 4. The van der Waals surface area contributed by atoms with E-state index in [1.165, 1.54) is 22.1 Å². The molecule has 0 radical (unpaired) electrons. The van der Waals surface area contributed by atoms with Gasteiger partial charge >= 0.3 is 0 Å². The Morgan fingerprint density at radius 1 is 0.483 bits per heavy atom. The third-order valence-electron chi connectivity index (χ3n) is 11.4. The van der Waals surface area contributed by atoms with E-state index in [0.29, 0.717) is 0 Å². The molecular weight excluding hydrogens is 705 g/mol. The van der Waals surface area contributed by atoms with E-state index >= 15 is 0 Å². The molecule has 4 nitrogen and oxygen atoms in total. The van der Waals surface area contributed by atoms with Gasteiger partial charge < -0.3 is 4.90 Å². The van der Waals surface area contributed by atoms with Crippen LogP contribution in [0.1, 0.15) is 18.0 Å². The van der Waals surface area contributed by atoms with Crippen molar-refractivity contribution in [1.29, 1.82) is 0 Å². The van der Waals surface area contributed by atoms with Crippen molar-refractivity contribution in [2.75, 3.05) is 4.90 Å². The summed E-state index contributed by atoms with van der Waals surface area (Å²) in [5.74, 6) is 1.72. The second-order valence-corrected chi connectivity index (χ2v) is 14.9. The van der Waals surface area contributed by atoms with Crippen LogP contribution in [0.15, 0.2) is 212 Å². The van der Waals surface area contributed by atoms with Crippen LogP contribution >= 0.6 is 0 Å². The first-order valence-corrected chi connectivity index (χ1v) is 19.9. The Morgan fingerprint density at radius 3 is 1.74 bits per heavy atom. The number of anilines is 3. The van der Waals surface area contributed by atoms with Gasteiger partial charge in [-0.1, -0.05) is 170 Å². The Balaban J connectivity index is 1.21. The summed E-state index contributed by atoms with van der Waals surface area (Å²) in [6.07, 6.45) is 9.63. The number of hydrogen-bond acceptors (Lipinski definition) is 3. The molecule has 0 spiro atoms. The monoisotopic (exact) mass is 742 g/mol. The summed E-state index contributed by atoms with van der Waals surface area (Å²) >= 11 is 0. The second-order valence-electron chi connectivity index (χ2n) is 14.9. The van der Waals surface area contributed by atoms with Gasteiger partial charge in [0.05, 0.1) is 28.3 Å². The summed E-state index contributed by atoms with van der Waals surface area (Å²) in [5, 5.41) is 1.17. The van der Waals surface area contributed by atoms with Gasteiger partial charge in [-0.05, 0) is 65.1 Å². The maximum absolute atomic E-state index is 5.42. The number of fused-ring (bicyclic) bond motifs is 7. The number of nitrogens with zero attached hydrogens (tertiary/aromatic N) is 4. The smallest absolute Gasteiger partial charge is 0.161 e. The van der Waals surface area contributed by atoms with Crippen LogP contribution in [0, 0.1) is 0 Å². The van der Waals surface area contributed by atoms with E-state index < -0.39 is 0 Å². The van der Waals surface area contributed by atoms with Gasteiger partial charge in [-0.15, -0.1) is 0 Å². The zero-order valence-electron chi connectivity index (χ0n) is 31.8. The average molecular weight is 743 g/mol. The Kier molecular flexibility index (Phi) is 8.25. The lowest BCUT2D eigenvalue weighted by Gasteiger charge is -2.28. The van der Waals surface area contributed by atoms with Crippen LogP contribution in [0.4, 0.5) is 17.1 Å². The topological polar surface area (TPSA) is 34.0 Å². The molecule has 4 heteroatoms. The summed E-state index contributed by atoms with van der Waals surface area (Å²) in [5.41, 5.74) is 15.7. The van der Waals surface area contributed by atoms with Crippen molar-refractivity contribution in [1.82, 2.24) is 14.5 Å². The molecule has 0 bridgehead atoms. The first-order chi connectivity index (χ1) is 28.8. The average Bonchev–Trinajstić information content (AvgIpc) is 3.59. The van der Waals surface area contributed by atoms with E-state index in [1.807, 2.05) is 6.07 Å². The minimum atomic E-state index is 0.147. The van der Waals surface area contributed by atoms with Crippen molar-refractivity contribution in [2.24, 2.45) is 0 Å². The molecule has 0 amide bonds. The first kappa shape index (κ1) is 33.8. The van der Waals surface area contributed by atoms with Crippen LogP contribution < -0.4 is 4.90 Å². The fourth-order valence-corrected chi connectivity index (χ4v) is 8.77. The van der Waals surface area contributed by atoms with E-state index in [0.717, 1.165) is 79.8 Å². The number of aromatic nitrogens is 3. The van der Waals surface area contributed by atoms with E-state index in [4.69, 9.17) is 9.97 Å². The fourth-order valence-electron chi connectivity index (χ4n) is 8.77. The molecule has 1 aliphatic heterocycles. The molecule has 0 saturated heterocycles. The highest BCUT2D eigenvalue weighted by Gasteiger charge is 2.32. The lowest BCUT2D eigenvalue weighted by Crippen LogP contribution is -2.12. The van der Waals surface area contributed by atoms with Crippen LogP contribution in [0.2, 0.25) is 0 Å². The highest BCUT2D eigenvalue weighted by atomic mass is 15.2. The number of para-hydroxylation sites is 3. The molecule has 1 atom stereocenters. The normalized spacial score (nSPS) is 14.1. The lowest BCUT2D eigenvalue weighted by molar-refractivity contribution is 0.805. The van der Waals surface area contributed by atoms with Gasteiger partial charge in [-0.3, -0.25) is 4.57 Å². The molecule has 58 heavy (non-hydrogen) atoms. The van der Waals surface area contributed by atoms with E-state index in [1.54, 1.807) is 0 Å². The summed E-state index contributed by atoms with van der Waals surface area (Å²) in [6.45, 7) is 0. The summed E-state index contributed by atoms with van der Waals surface area (Å²) in [4.78, 5) is 13.1. The predicted molar refractivity (Wildman–Crippen MR) is 240 cm³/mol. The highest BCUT2D eigenvalue weighted by Crippen LogP contribution is 2.55. The molecule has 1 aliphatic carbocycles. The van der Waals surface area contributed by atoms with Crippen LogP contribution in [0.25, 0.3) is 72.7 Å². The van der Waals surface area contributed by atoms with Crippen LogP contribution in [0.3, 0.4) is 0 Å². The third kappa shape index (κ3) is 5.77. The minimum Gasteiger partial charge on any atom is -0.309 e. The van der Waals surface area contributed by atoms with E-state index in [2.05, 4.69) is 216 Å². The molecule has 1 unspecified atom stereocenters. The van der Waals surface area contributed by atoms with Gasteiger partial charge in [0.25, 0.3) is 0 Å². The van der Waals surface area contributed by atoms with Gasteiger partial charge in [-0.2, -0.15) is 0 Å². The molecule has 0 fully saturated rings. The van der Waals surface area contributed by atoms with Crippen molar-refractivity contribution in [3.8, 4) is 61.8 Å². The maximum Gasteiger partial charge on any atom is 0.161 e. The zero-order valence-corrected chi connectivity index (χ0v) is 31.8. The summed E-state index contributed by atoms with van der Waals surface area (Å²) in [6, 6.07) is 67.5. The molecule has 9 aromatic rings. The summed E-state index contributed by atoms with van der Waals surface area (Å²) in [7, 11) is 0. The van der Waals surface area contributed by atoms with Gasteiger partial charge in [0.2, 0.25) is 0 Å². The predicted octanol–water partition coefficient (Wildman–Crippen LogP) is 14.1. The molecule has 11 rings (SSSR count). The lowest BCUT2D eigenvalue weighted by atomic mass is 9.96. The Bertz CT molecular complexity index is 2980. The Morgan fingerprint density at radius 2 is 1.07 bits per heavy atom.